The topological polar surface area (TPSA) is 78.6 Å². The average molecular weight is 277 g/mol. The summed E-state index contributed by atoms with van der Waals surface area (Å²) in [6.07, 6.45) is 2.36. The number of hydrogen-bond donors (Lipinski definition) is 3. The van der Waals surface area contributed by atoms with E-state index in [2.05, 4.69) is 24.1 Å². The van der Waals surface area contributed by atoms with Crippen molar-refractivity contribution in [1.82, 2.24) is 0 Å². The van der Waals surface area contributed by atoms with Crippen molar-refractivity contribution >= 4 is 23.0 Å². The number of nitrogens with zero attached hydrogens (tertiary/aromatic N) is 1. The maximum absolute atomic E-state index is 11.5. The maximum Gasteiger partial charge on any atom is 0.228 e. The lowest BCUT2D eigenvalue weighted by molar-refractivity contribution is -0.115. The summed E-state index contributed by atoms with van der Waals surface area (Å²) in [7, 11) is 0. The van der Waals surface area contributed by atoms with Crippen LogP contribution in [0.4, 0.5) is 17.1 Å². The van der Waals surface area contributed by atoms with Gasteiger partial charge in [0.1, 0.15) is 0 Å². The molecule has 0 radical (unpaired) electrons. The van der Waals surface area contributed by atoms with E-state index < -0.39 is 0 Å². The third-order valence-electron chi connectivity index (χ3n) is 3.91. The number of nitrogens with two attached hydrogens (primary N) is 1. The first-order valence-corrected chi connectivity index (χ1v) is 7.20. The van der Waals surface area contributed by atoms with Crippen molar-refractivity contribution in [3.63, 3.8) is 0 Å². The molecule has 2 rings (SSSR count). The van der Waals surface area contributed by atoms with Crippen molar-refractivity contribution in [3.05, 3.63) is 17.7 Å². The van der Waals surface area contributed by atoms with E-state index >= 15 is 0 Å². The first-order valence-electron chi connectivity index (χ1n) is 7.20. The first-order chi connectivity index (χ1) is 9.60. The number of aliphatic hydroxyl groups excluding tert-OH is 1. The largest absolute Gasteiger partial charge is 0.397 e. The lowest BCUT2D eigenvalue weighted by Gasteiger charge is -2.33. The second-order valence-corrected chi connectivity index (χ2v) is 5.18. The average Bonchev–Trinajstić information content (AvgIpc) is 2.77. The quantitative estimate of drug-likeness (QED) is 0.692. The molecule has 20 heavy (non-hydrogen) atoms. The number of nitrogen functional groups attached to an aromatic ring is 1. The molecule has 1 aromatic rings. The van der Waals surface area contributed by atoms with E-state index in [-0.39, 0.29) is 12.5 Å². The lowest BCUT2D eigenvalue weighted by Crippen LogP contribution is -2.37. The predicted molar refractivity (Wildman–Crippen MR) is 82.0 cm³/mol. The molecular weight excluding hydrogens is 254 g/mol. The molecule has 1 aromatic carbocycles. The highest BCUT2D eigenvalue weighted by Crippen LogP contribution is 2.35. The number of fused-ring (bicyclic) bond motifs is 1. The van der Waals surface area contributed by atoms with Crippen LogP contribution < -0.4 is 16.0 Å². The number of anilines is 3. The molecule has 0 atom stereocenters. The zero-order chi connectivity index (χ0) is 14.7. The molecule has 110 valence electrons. The van der Waals surface area contributed by atoms with Gasteiger partial charge in [-0.3, -0.25) is 4.79 Å². The van der Waals surface area contributed by atoms with Crippen molar-refractivity contribution in [2.75, 3.05) is 29.1 Å². The Kier molecular flexibility index (Phi) is 4.49. The van der Waals surface area contributed by atoms with Gasteiger partial charge in [0.25, 0.3) is 0 Å². The molecule has 1 heterocycles. The van der Waals surface area contributed by atoms with Crippen LogP contribution in [0.5, 0.6) is 0 Å². The Bertz CT molecular complexity index is 498. The highest BCUT2D eigenvalue weighted by Gasteiger charge is 2.23. The molecule has 0 fully saturated rings. The molecule has 5 heteroatoms. The van der Waals surface area contributed by atoms with Crippen LogP contribution in [-0.2, 0) is 11.2 Å². The Balaban J connectivity index is 2.38. The molecule has 0 saturated carbocycles. The summed E-state index contributed by atoms with van der Waals surface area (Å²) in [5.41, 5.74) is 9.51. The van der Waals surface area contributed by atoms with Crippen LogP contribution in [0.3, 0.4) is 0 Å². The number of nitrogens with one attached hydrogen (secondary N) is 1. The summed E-state index contributed by atoms with van der Waals surface area (Å²) in [4.78, 5) is 13.6. The van der Waals surface area contributed by atoms with Crippen LogP contribution in [0, 0.1) is 0 Å². The molecule has 0 aliphatic carbocycles. The molecule has 5 nitrogen and oxygen atoms in total. The summed E-state index contributed by atoms with van der Waals surface area (Å²) in [6, 6.07) is 4.14. The van der Waals surface area contributed by atoms with E-state index in [1.165, 1.54) is 0 Å². The van der Waals surface area contributed by atoms with Gasteiger partial charge in [-0.1, -0.05) is 13.8 Å². The molecule has 0 bridgehead atoms. The molecule has 1 aliphatic rings. The molecule has 0 unspecified atom stereocenters. The number of aliphatic hydroxyl groups is 1. The van der Waals surface area contributed by atoms with E-state index in [0.717, 1.165) is 29.8 Å². The molecule has 1 amide bonds. The van der Waals surface area contributed by atoms with Crippen LogP contribution in [0.15, 0.2) is 12.1 Å². The van der Waals surface area contributed by atoms with Gasteiger partial charge in [-0.25, -0.2) is 0 Å². The van der Waals surface area contributed by atoms with E-state index in [0.29, 0.717) is 24.7 Å². The van der Waals surface area contributed by atoms with Gasteiger partial charge in [-0.15, -0.1) is 0 Å². The van der Waals surface area contributed by atoms with E-state index in [4.69, 9.17) is 5.73 Å². The van der Waals surface area contributed by atoms with Gasteiger partial charge in [0.05, 0.1) is 24.4 Å². The highest BCUT2D eigenvalue weighted by atomic mass is 16.3. The number of rotatable bonds is 6. The minimum Gasteiger partial charge on any atom is -0.397 e. The van der Waals surface area contributed by atoms with Crippen molar-refractivity contribution in [2.45, 2.75) is 39.2 Å². The fourth-order valence-corrected chi connectivity index (χ4v) is 2.87. The molecule has 4 N–H and O–H groups in total. The molecule has 1 aliphatic heterocycles. The standard InChI is InChI=1S/C15H23N3O2/c1-3-11(4-2)18(5-6-19)14-9-13-10(7-12(14)16)8-15(20)17-13/h7,9,11,19H,3-6,8,16H2,1-2H3,(H,17,20). The van der Waals surface area contributed by atoms with E-state index in [1.807, 2.05) is 12.1 Å². The zero-order valence-corrected chi connectivity index (χ0v) is 12.1. The van der Waals surface area contributed by atoms with Crippen molar-refractivity contribution in [2.24, 2.45) is 0 Å². The minimum absolute atomic E-state index is 0.00721. The Labute approximate surface area is 119 Å². The first kappa shape index (κ1) is 14.7. The molecule has 0 aromatic heterocycles. The number of carbonyl (C=O) groups excluding carboxylic acids is 1. The third kappa shape index (κ3) is 2.72. The zero-order valence-electron chi connectivity index (χ0n) is 12.1. The van der Waals surface area contributed by atoms with Crippen molar-refractivity contribution < 1.29 is 9.90 Å². The van der Waals surface area contributed by atoms with Gasteiger partial charge in [0.15, 0.2) is 0 Å². The van der Waals surface area contributed by atoms with Crippen molar-refractivity contribution in [1.29, 1.82) is 0 Å². The Morgan fingerprint density at radius 2 is 2.10 bits per heavy atom. The smallest absolute Gasteiger partial charge is 0.228 e. The van der Waals surface area contributed by atoms with Gasteiger partial charge in [-0.2, -0.15) is 0 Å². The van der Waals surface area contributed by atoms with Gasteiger partial charge in [-0.05, 0) is 30.5 Å². The van der Waals surface area contributed by atoms with E-state index in [1.54, 1.807) is 0 Å². The van der Waals surface area contributed by atoms with Crippen LogP contribution in [0.25, 0.3) is 0 Å². The summed E-state index contributed by atoms with van der Waals surface area (Å²) in [5, 5.41) is 12.2. The minimum atomic E-state index is 0.00721. The number of amides is 1. The van der Waals surface area contributed by atoms with Crippen LogP contribution in [0.1, 0.15) is 32.3 Å². The molecular formula is C15H23N3O2. The Morgan fingerprint density at radius 3 is 2.70 bits per heavy atom. The second kappa shape index (κ2) is 6.13. The monoisotopic (exact) mass is 277 g/mol. The Morgan fingerprint density at radius 1 is 1.40 bits per heavy atom. The molecule has 0 saturated heterocycles. The van der Waals surface area contributed by atoms with Gasteiger partial charge in [0.2, 0.25) is 5.91 Å². The number of carbonyl (C=O) groups is 1. The second-order valence-electron chi connectivity index (χ2n) is 5.18. The van der Waals surface area contributed by atoms with Gasteiger partial charge < -0.3 is 21.1 Å². The fourth-order valence-electron chi connectivity index (χ4n) is 2.87. The van der Waals surface area contributed by atoms with Crippen LogP contribution >= 0.6 is 0 Å². The lowest BCUT2D eigenvalue weighted by atomic mass is 10.1. The highest BCUT2D eigenvalue weighted by molar-refractivity contribution is 6.00. The summed E-state index contributed by atoms with van der Waals surface area (Å²) in [5.74, 6) is 0.00721. The van der Waals surface area contributed by atoms with Gasteiger partial charge in [0, 0.05) is 18.3 Å². The predicted octanol–water partition coefficient (Wildman–Crippen LogP) is 1.75. The SMILES string of the molecule is CCC(CC)N(CCO)c1cc2c(cc1N)CC(=O)N2. The summed E-state index contributed by atoms with van der Waals surface area (Å²) < 4.78 is 0. The Hall–Kier alpha value is -1.75. The van der Waals surface area contributed by atoms with Crippen LogP contribution in [0.2, 0.25) is 0 Å². The fraction of sp³-hybridized carbons (Fsp3) is 0.533. The number of hydrogen-bond acceptors (Lipinski definition) is 4. The van der Waals surface area contributed by atoms with Crippen LogP contribution in [-0.4, -0.2) is 30.2 Å². The number of benzene rings is 1. The van der Waals surface area contributed by atoms with Crippen molar-refractivity contribution in [3.8, 4) is 0 Å². The normalized spacial score (nSPS) is 13.5. The van der Waals surface area contributed by atoms with E-state index in [9.17, 15) is 9.90 Å². The molecule has 0 spiro atoms. The summed E-state index contributed by atoms with van der Waals surface area (Å²) in [6.45, 7) is 4.89. The maximum atomic E-state index is 11.5. The van der Waals surface area contributed by atoms with Gasteiger partial charge >= 0.3 is 0 Å². The third-order valence-corrected chi connectivity index (χ3v) is 3.91. The summed E-state index contributed by atoms with van der Waals surface area (Å²) >= 11 is 0.